The molecule has 1 atom stereocenters. The number of aromatic nitrogens is 2. The molecule has 3 aromatic rings. The normalized spacial score (nSPS) is 21.6. The summed E-state index contributed by atoms with van der Waals surface area (Å²) in [5.74, 6) is 0.729. The highest BCUT2D eigenvalue weighted by molar-refractivity contribution is 7.08. The Bertz CT molecular complexity index is 892. The molecular formula is C20H24N4OS. The lowest BCUT2D eigenvalue weighted by Crippen LogP contribution is -2.33. The standard InChI is InChI=1S/C20H24N4OS/c1-12(21)13-2-4-14(5-3-13)20(25)24-17-6-8-22-19-16(17)10-18(23-19)15-7-9-26-11-15/h6-14H,2-5,21H2,1H3,(H2,22,23,24,25)/t12-,13?,14?/m1/s1. The monoisotopic (exact) mass is 368 g/mol. The molecule has 0 radical (unpaired) electrons. The summed E-state index contributed by atoms with van der Waals surface area (Å²) in [6.45, 7) is 2.07. The Morgan fingerprint density at radius 3 is 2.85 bits per heavy atom. The van der Waals surface area contributed by atoms with E-state index in [0.717, 1.165) is 53.7 Å². The number of carbonyl (C=O) groups is 1. The number of amides is 1. The average Bonchev–Trinajstić information content (AvgIpc) is 3.31. The molecule has 0 aliphatic heterocycles. The molecule has 1 amide bonds. The molecule has 136 valence electrons. The van der Waals surface area contributed by atoms with E-state index in [-0.39, 0.29) is 17.9 Å². The first-order chi connectivity index (χ1) is 12.6. The average molecular weight is 369 g/mol. The van der Waals surface area contributed by atoms with E-state index >= 15 is 0 Å². The Labute approximate surface area is 157 Å². The van der Waals surface area contributed by atoms with Crippen molar-refractivity contribution in [2.75, 3.05) is 5.32 Å². The Morgan fingerprint density at radius 1 is 1.35 bits per heavy atom. The summed E-state index contributed by atoms with van der Waals surface area (Å²) in [6, 6.07) is 6.23. The number of hydrogen-bond donors (Lipinski definition) is 3. The number of pyridine rings is 1. The van der Waals surface area contributed by atoms with E-state index < -0.39 is 0 Å². The number of H-pyrrole nitrogens is 1. The predicted octanol–water partition coefficient (Wildman–Crippen LogP) is 4.38. The van der Waals surface area contributed by atoms with Gasteiger partial charge in [0.15, 0.2) is 0 Å². The van der Waals surface area contributed by atoms with Crippen LogP contribution in [0.1, 0.15) is 32.6 Å². The van der Waals surface area contributed by atoms with Crippen molar-refractivity contribution in [1.82, 2.24) is 9.97 Å². The number of rotatable bonds is 4. The second-order valence-electron chi connectivity index (χ2n) is 7.28. The lowest BCUT2D eigenvalue weighted by Gasteiger charge is -2.30. The molecule has 1 fully saturated rings. The van der Waals surface area contributed by atoms with Gasteiger partial charge in [0.1, 0.15) is 5.65 Å². The summed E-state index contributed by atoms with van der Waals surface area (Å²) in [4.78, 5) is 20.5. The first kappa shape index (κ1) is 17.2. The maximum atomic E-state index is 12.8. The number of nitrogens with zero attached hydrogens (tertiary/aromatic N) is 1. The van der Waals surface area contributed by atoms with Crippen LogP contribution in [0.15, 0.2) is 35.2 Å². The lowest BCUT2D eigenvalue weighted by atomic mass is 9.79. The van der Waals surface area contributed by atoms with E-state index in [4.69, 9.17) is 5.73 Å². The Morgan fingerprint density at radius 2 is 2.15 bits per heavy atom. The van der Waals surface area contributed by atoms with Gasteiger partial charge in [0, 0.05) is 40.2 Å². The highest BCUT2D eigenvalue weighted by Gasteiger charge is 2.28. The minimum absolute atomic E-state index is 0.0727. The van der Waals surface area contributed by atoms with E-state index in [0.29, 0.717) is 5.92 Å². The second kappa shape index (κ2) is 7.21. The number of carbonyl (C=O) groups excluding carboxylic acids is 1. The molecule has 5 nitrogen and oxygen atoms in total. The van der Waals surface area contributed by atoms with Crippen molar-refractivity contribution >= 4 is 34.0 Å². The number of hydrogen-bond acceptors (Lipinski definition) is 4. The van der Waals surface area contributed by atoms with E-state index in [1.807, 2.05) is 6.07 Å². The Hall–Kier alpha value is -2.18. The Balaban J connectivity index is 1.51. The maximum Gasteiger partial charge on any atom is 0.227 e. The second-order valence-corrected chi connectivity index (χ2v) is 8.06. The van der Waals surface area contributed by atoms with Crippen molar-refractivity contribution in [2.45, 2.75) is 38.6 Å². The van der Waals surface area contributed by atoms with E-state index in [1.165, 1.54) is 0 Å². The molecule has 1 aliphatic rings. The molecule has 1 aliphatic carbocycles. The van der Waals surface area contributed by atoms with Gasteiger partial charge < -0.3 is 16.0 Å². The zero-order chi connectivity index (χ0) is 18.1. The first-order valence-corrected chi connectivity index (χ1v) is 10.1. The van der Waals surface area contributed by atoms with Crippen LogP contribution in [0.4, 0.5) is 5.69 Å². The van der Waals surface area contributed by atoms with Gasteiger partial charge in [0.2, 0.25) is 5.91 Å². The lowest BCUT2D eigenvalue weighted by molar-refractivity contribution is -0.121. The van der Waals surface area contributed by atoms with Crippen molar-refractivity contribution in [3.8, 4) is 11.3 Å². The van der Waals surface area contributed by atoms with Gasteiger partial charge in [-0.3, -0.25) is 4.79 Å². The SMILES string of the molecule is C[C@@H](N)C1CCC(C(=O)Nc2ccnc3[nH]c(-c4ccsc4)cc23)CC1. The van der Waals surface area contributed by atoms with Crippen molar-refractivity contribution in [1.29, 1.82) is 0 Å². The van der Waals surface area contributed by atoms with Crippen molar-refractivity contribution in [3.63, 3.8) is 0 Å². The molecule has 6 heteroatoms. The topological polar surface area (TPSA) is 83.8 Å². The zero-order valence-corrected chi connectivity index (χ0v) is 15.7. The fraction of sp³-hybridized carbons (Fsp3) is 0.400. The summed E-state index contributed by atoms with van der Waals surface area (Å²) >= 11 is 1.66. The van der Waals surface area contributed by atoms with E-state index in [1.54, 1.807) is 17.5 Å². The van der Waals surface area contributed by atoms with Crippen LogP contribution in [-0.4, -0.2) is 21.9 Å². The van der Waals surface area contributed by atoms with Gasteiger partial charge in [0.25, 0.3) is 0 Å². The molecule has 0 unspecified atom stereocenters. The quantitative estimate of drug-likeness (QED) is 0.639. The van der Waals surface area contributed by atoms with Crippen LogP contribution in [0.5, 0.6) is 0 Å². The molecule has 0 bridgehead atoms. The van der Waals surface area contributed by atoms with Crippen LogP contribution < -0.4 is 11.1 Å². The molecule has 3 aromatic heterocycles. The van der Waals surface area contributed by atoms with Crippen molar-refractivity contribution in [3.05, 3.63) is 35.2 Å². The van der Waals surface area contributed by atoms with Gasteiger partial charge in [0.05, 0.1) is 5.69 Å². The fourth-order valence-corrected chi connectivity index (χ4v) is 4.51. The van der Waals surface area contributed by atoms with Gasteiger partial charge in [-0.15, -0.1) is 0 Å². The number of thiophene rings is 1. The zero-order valence-electron chi connectivity index (χ0n) is 14.9. The summed E-state index contributed by atoms with van der Waals surface area (Å²) in [5, 5.41) is 8.23. The third-order valence-corrected chi connectivity index (χ3v) is 6.19. The highest BCUT2D eigenvalue weighted by Crippen LogP contribution is 2.33. The smallest absolute Gasteiger partial charge is 0.227 e. The van der Waals surface area contributed by atoms with E-state index in [9.17, 15) is 4.79 Å². The summed E-state index contributed by atoms with van der Waals surface area (Å²) in [6.07, 6.45) is 5.64. The molecular weight excluding hydrogens is 344 g/mol. The number of fused-ring (bicyclic) bond motifs is 1. The molecule has 0 aromatic carbocycles. The molecule has 1 saturated carbocycles. The fourth-order valence-electron chi connectivity index (χ4n) is 3.85. The summed E-state index contributed by atoms with van der Waals surface area (Å²) < 4.78 is 0. The molecule has 4 N–H and O–H groups in total. The minimum atomic E-state index is 0.0727. The predicted molar refractivity (Wildman–Crippen MR) is 107 cm³/mol. The van der Waals surface area contributed by atoms with Crippen LogP contribution >= 0.6 is 11.3 Å². The Kier molecular flexibility index (Phi) is 4.78. The van der Waals surface area contributed by atoms with Crippen molar-refractivity contribution in [2.24, 2.45) is 17.6 Å². The number of aromatic amines is 1. The summed E-state index contributed by atoms with van der Waals surface area (Å²) in [5.41, 5.74) is 9.79. The van der Waals surface area contributed by atoms with Gasteiger partial charge in [-0.05, 0) is 62.1 Å². The molecule has 26 heavy (non-hydrogen) atoms. The minimum Gasteiger partial charge on any atom is -0.339 e. The maximum absolute atomic E-state index is 12.8. The van der Waals surface area contributed by atoms with Crippen LogP contribution in [0.25, 0.3) is 22.3 Å². The van der Waals surface area contributed by atoms with Crippen LogP contribution in [-0.2, 0) is 4.79 Å². The largest absolute Gasteiger partial charge is 0.339 e. The van der Waals surface area contributed by atoms with Gasteiger partial charge in [-0.1, -0.05) is 0 Å². The van der Waals surface area contributed by atoms with E-state index in [2.05, 4.69) is 45.1 Å². The van der Waals surface area contributed by atoms with Crippen LogP contribution in [0.2, 0.25) is 0 Å². The van der Waals surface area contributed by atoms with Crippen LogP contribution in [0.3, 0.4) is 0 Å². The third kappa shape index (κ3) is 3.39. The highest BCUT2D eigenvalue weighted by atomic mass is 32.1. The number of nitrogens with one attached hydrogen (secondary N) is 2. The molecule has 3 heterocycles. The third-order valence-electron chi connectivity index (χ3n) is 5.51. The van der Waals surface area contributed by atoms with Crippen LogP contribution in [0, 0.1) is 11.8 Å². The van der Waals surface area contributed by atoms with Crippen molar-refractivity contribution < 1.29 is 4.79 Å². The van der Waals surface area contributed by atoms with Gasteiger partial charge in [-0.25, -0.2) is 4.98 Å². The number of anilines is 1. The van der Waals surface area contributed by atoms with Gasteiger partial charge in [-0.2, -0.15) is 11.3 Å². The summed E-state index contributed by atoms with van der Waals surface area (Å²) in [7, 11) is 0. The number of nitrogens with two attached hydrogens (primary N) is 1. The first-order valence-electron chi connectivity index (χ1n) is 9.18. The molecule has 0 spiro atoms. The molecule has 0 saturated heterocycles. The molecule has 4 rings (SSSR count). The van der Waals surface area contributed by atoms with Gasteiger partial charge >= 0.3 is 0 Å².